The molecular weight excluding hydrogens is 165 g/mol. The zero-order valence-electron chi connectivity index (χ0n) is 5.44. The van der Waals surface area contributed by atoms with E-state index in [1.54, 1.807) is 0 Å². The second-order valence-electron chi connectivity index (χ2n) is 1.01. The van der Waals surface area contributed by atoms with E-state index in [1.807, 2.05) is 0 Å². The summed E-state index contributed by atoms with van der Waals surface area (Å²) in [6, 6.07) is 0. The Balaban J connectivity index is -0.000000180. The van der Waals surface area contributed by atoms with Gasteiger partial charge in [0.25, 0.3) is 0 Å². The molecule has 4 nitrogen and oxygen atoms in total. The van der Waals surface area contributed by atoms with Crippen molar-refractivity contribution in [1.82, 2.24) is 0 Å². The molecular formula is C2H5Na2O4P. The molecule has 0 rings (SSSR count). The van der Waals surface area contributed by atoms with Crippen molar-refractivity contribution in [2.45, 2.75) is 0 Å². The van der Waals surface area contributed by atoms with Gasteiger partial charge in [-0.3, -0.25) is 4.57 Å². The molecule has 0 amide bonds. The fourth-order valence-corrected chi connectivity index (χ4v) is 0.291. The van der Waals surface area contributed by atoms with Crippen LogP contribution in [0.1, 0.15) is 0 Å². The summed E-state index contributed by atoms with van der Waals surface area (Å²) in [5.74, 6) is 0. The molecule has 44 valence electrons. The minimum atomic E-state index is -4.03. The predicted molar refractivity (Wildman–Crippen MR) is 34.5 cm³/mol. The maximum atomic E-state index is 9.69. The standard InChI is InChI=1S/C2H5O4P.2Na/c3-1-2-7(4,5)6;;/h1H,2H2,(H2,4,5,6);;. The van der Waals surface area contributed by atoms with E-state index in [0.717, 1.165) is 0 Å². The van der Waals surface area contributed by atoms with Crippen molar-refractivity contribution < 1.29 is 19.1 Å². The van der Waals surface area contributed by atoms with Crippen molar-refractivity contribution in [2.75, 3.05) is 6.16 Å². The van der Waals surface area contributed by atoms with Gasteiger partial charge in [0.05, 0.1) is 0 Å². The third kappa shape index (κ3) is 17.7. The monoisotopic (exact) mass is 170 g/mol. The fourth-order valence-electron chi connectivity index (χ4n) is 0.0971. The molecule has 0 aliphatic rings. The van der Waals surface area contributed by atoms with Crippen LogP contribution in [-0.2, 0) is 9.36 Å². The molecule has 0 saturated heterocycles. The second kappa shape index (κ2) is 7.92. The molecule has 9 heavy (non-hydrogen) atoms. The molecule has 0 aliphatic heterocycles. The molecule has 0 bridgehead atoms. The zero-order chi connectivity index (χ0) is 5.91. The molecule has 0 spiro atoms. The van der Waals surface area contributed by atoms with Crippen molar-refractivity contribution in [3.05, 3.63) is 0 Å². The molecule has 0 heterocycles. The van der Waals surface area contributed by atoms with Gasteiger partial charge in [-0.1, -0.05) is 0 Å². The molecule has 7 heteroatoms. The molecule has 0 aromatic rings. The average Bonchev–Trinajstić information content (AvgIpc) is 1.30. The van der Waals surface area contributed by atoms with E-state index >= 15 is 0 Å². The SMILES string of the molecule is O=CCP(=O)(O)O.[Na].[Na]. The van der Waals surface area contributed by atoms with Crippen LogP contribution < -0.4 is 0 Å². The molecule has 0 saturated carbocycles. The van der Waals surface area contributed by atoms with Gasteiger partial charge >= 0.3 is 7.60 Å². The number of rotatable bonds is 2. The summed E-state index contributed by atoms with van der Waals surface area (Å²) in [5.41, 5.74) is 0. The quantitative estimate of drug-likeness (QED) is 0.303. The fraction of sp³-hybridized carbons (Fsp3) is 0.500. The minimum absolute atomic E-state index is 0. The average molecular weight is 170 g/mol. The van der Waals surface area contributed by atoms with E-state index in [0.29, 0.717) is 0 Å². The van der Waals surface area contributed by atoms with Crippen molar-refractivity contribution >= 4 is 73.0 Å². The Morgan fingerprint density at radius 2 is 1.67 bits per heavy atom. The van der Waals surface area contributed by atoms with E-state index in [1.165, 1.54) is 0 Å². The zero-order valence-corrected chi connectivity index (χ0v) is 10.3. The van der Waals surface area contributed by atoms with Gasteiger partial charge in [-0.15, -0.1) is 0 Å². The van der Waals surface area contributed by atoms with Crippen molar-refractivity contribution in [3.63, 3.8) is 0 Å². The van der Waals surface area contributed by atoms with Crippen LogP contribution in [-0.4, -0.2) is 81.3 Å². The van der Waals surface area contributed by atoms with Crippen LogP contribution in [0.4, 0.5) is 0 Å². The van der Waals surface area contributed by atoms with E-state index in [2.05, 4.69) is 0 Å². The van der Waals surface area contributed by atoms with Gasteiger partial charge in [-0.05, 0) is 0 Å². The van der Waals surface area contributed by atoms with Crippen LogP contribution in [0.25, 0.3) is 0 Å². The first kappa shape index (κ1) is 17.1. The van der Waals surface area contributed by atoms with Crippen molar-refractivity contribution in [3.8, 4) is 0 Å². The van der Waals surface area contributed by atoms with E-state index in [9.17, 15) is 9.36 Å². The summed E-state index contributed by atoms with van der Waals surface area (Å²) in [6.07, 6.45) is -0.478. The molecule has 0 aliphatic carbocycles. The van der Waals surface area contributed by atoms with Crippen LogP contribution in [0, 0.1) is 0 Å². The second-order valence-corrected chi connectivity index (χ2v) is 2.71. The van der Waals surface area contributed by atoms with E-state index < -0.39 is 13.8 Å². The number of carbonyl (C=O) groups excluding carboxylic acids is 1. The summed E-state index contributed by atoms with van der Waals surface area (Å²) >= 11 is 0. The molecule has 2 N–H and O–H groups in total. The van der Waals surface area contributed by atoms with Crippen molar-refractivity contribution in [2.24, 2.45) is 0 Å². The minimum Gasteiger partial charge on any atom is -0.324 e. The normalized spacial score (nSPS) is 8.67. The van der Waals surface area contributed by atoms with Crippen LogP contribution in [0.15, 0.2) is 0 Å². The third-order valence-corrected chi connectivity index (χ3v) is 0.937. The number of hydrogen-bond acceptors (Lipinski definition) is 2. The van der Waals surface area contributed by atoms with Crippen LogP contribution in [0.5, 0.6) is 0 Å². The molecule has 0 fully saturated rings. The van der Waals surface area contributed by atoms with E-state index in [-0.39, 0.29) is 65.4 Å². The van der Waals surface area contributed by atoms with Gasteiger partial charge in [0.1, 0.15) is 12.4 Å². The van der Waals surface area contributed by atoms with Gasteiger partial charge in [-0.2, -0.15) is 0 Å². The molecule has 0 aromatic heterocycles. The summed E-state index contributed by atoms with van der Waals surface area (Å²) in [5, 5.41) is 0. The Morgan fingerprint density at radius 3 is 1.67 bits per heavy atom. The molecule has 0 aromatic carbocycles. The first-order chi connectivity index (χ1) is 3.06. The van der Waals surface area contributed by atoms with Gasteiger partial charge < -0.3 is 14.6 Å². The van der Waals surface area contributed by atoms with Gasteiger partial charge in [0, 0.05) is 59.1 Å². The topological polar surface area (TPSA) is 74.6 Å². The third-order valence-electron chi connectivity index (χ3n) is 0.312. The smallest absolute Gasteiger partial charge is 0.324 e. The largest absolute Gasteiger partial charge is 0.332 e. The Hall–Kier alpha value is 1.82. The van der Waals surface area contributed by atoms with Gasteiger partial charge in [0.2, 0.25) is 0 Å². The Bertz CT molecular complexity index is 109. The van der Waals surface area contributed by atoms with Crippen LogP contribution >= 0.6 is 7.60 Å². The number of hydrogen-bond donors (Lipinski definition) is 2. The summed E-state index contributed by atoms with van der Waals surface area (Å²) < 4.78 is 9.69. The predicted octanol–water partition coefficient (Wildman–Crippen LogP) is -1.40. The number of carbonyl (C=O) groups is 1. The Kier molecular flexibility index (Phi) is 15.0. The van der Waals surface area contributed by atoms with Crippen LogP contribution in [0.3, 0.4) is 0 Å². The summed E-state index contributed by atoms with van der Waals surface area (Å²) in [6.45, 7) is 0. The van der Waals surface area contributed by atoms with Gasteiger partial charge in [0.15, 0.2) is 0 Å². The number of aldehydes is 1. The van der Waals surface area contributed by atoms with Crippen molar-refractivity contribution in [1.29, 1.82) is 0 Å². The first-order valence-corrected chi connectivity index (χ1v) is 3.34. The Labute approximate surface area is 97.1 Å². The van der Waals surface area contributed by atoms with Crippen LogP contribution in [0.2, 0.25) is 0 Å². The maximum absolute atomic E-state index is 9.69. The van der Waals surface area contributed by atoms with E-state index in [4.69, 9.17) is 9.79 Å². The van der Waals surface area contributed by atoms with Gasteiger partial charge in [-0.25, -0.2) is 0 Å². The molecule has 0 atom stereocenters. The molecule has 2 radical (unpaired) electrons. The maximum Gasteiger partial charge on any atom is 0.332 e. The first-order valence-electron chi connectivity index (χ1n) is 1.54. The Morgan fingerprint density at radius 1 is 1.33 bits per heavy atom. The summed E-state index contributed by atoms with van der Waals surface area (Å²) in [7, 11) is -4.03. The summed E-state index contributed by atoms with van der Waals surface area (Å²) in [4.78, 5) is 25.1. The molecule has 0 unspecified atom stereocenters.